The molecular weight excluding hydrogens is 268 g/mol. The Labute approximate surface area is 102 Å². The van der Waals surface area contributed by atoms with Crippen molar-refractivity contribution in [3.05, 3.63) is 35.0 Å². The Bertz CT molecular complexity index is 622. The standard InChI is InChI=1S/C9H7ClN2O2S2/c1-6-9(15-12-11-6)16(13,14)8-5-3-2-4-7(8)10/h2-5H,1H3. The van der Waals surface area contributed by atoms with Crippen molar-refractivity contribution in [1.82, 2.24) is 9.59 Å². The molecule has 1 aromatic heterocycles. The summed E-state index contributed by atoms with van der Waals surface area (Å²) in [6.07, 6.45) is 0. The Hall–Kier alpha value is -0.980. The molecule has 1 heterocycles. The third-order valence-corrected chi connectivity index (χ3v) is 5.65. The molecular formula is C9H7ClN2O2S2. The SMILES string of the molecule is Cc1nnsc1S(=O)(=O)c1ccccc1Cl. The second-order valence-electron chi connectivity index (χ2n) is 3.08. The zero-order valence-electron chi connectivity index (χ0n) is 8.21. The Morgan fingerprint density at radius 3 is 2.56 bits per heavy atom. The molecule has 0 amide bonds. The van der Waals surface area contributed by atoms with Gasteiger partial charge >= 0.3 is 0 Å². The minimum Gasteiger partial charge on any atom is -0.217 e. The number of nitrogens with zero attached hydrogens (tertiary/aromatic N) is 2. The van der Waals surface area contributed by atoms with Crippen LogP contribution in [0.1, 0.15) is 5.69 Å². The predicted octanol–water partition coefficient (Wildman–Crippen LogP) is 2.33. The van der Waals surface area contributed by atoms with Crippen LogP contribution >= 0.6 is 23.1 Å². The van der Waals surface area contributed by atoms with E-state index < -0.39 is 9.84 Å². The zero-order valence-corrected chi connectivity index (χ0v) is 10.6. The molecule has 0 bridgehead atoms. The molecule has 0 fully saturated rings. The van der Waals surface area contributed by atoms with E-state index in [-0.39, 0.29) is 14.1 Å². The zero-order chi connectivity index (χ0) is 11.8. The van der Waals surface area contributed by atoms with Gasteiger partial charge in [0.1, 0.15) is 0 Å². The van der Waals surface area contributed by atoms with Crippen molar-refractivity contribution >= 4 is 33.0 Å². The van der Waals surface area contributed by atoms with E-state index >= 15 is 0 Å². The minimum absolute atomic E-state index is 0.0887. The molecule has 16 heavy (non-hydrogen) atoms. The molecule has 84 valence electrons. The molecule has 0 aliphatic rings. The monoisotopic (exact) mass is 274 g/mol. The number of aryl methyl sites for hydroxylation is 1. The van der Waals surface area contributed by atoms with E-state index in [1.165, 1.54) is 12.1 Å². The maximum absolute atomic E-state index is 12.2. The van der Waals surface area contributed by atoms with E-state index in [2.05, 4.69) is 9.59 Å². The van der Waals surface area contributed by atoms with Crippen LogP contribution in [-0.2, 0) is 9.84 Å². The van der Waals surface area contributed by atoms with Crippen LogP contribution < -0.4 is 0 Å². The first kappa shape index (κ1) is 11.5. The lowest BCUT2D eigenvalue weighted by atomic mass is 10.4. The average Bonchev–Trinajstić information content (AvgIpc) is 2.65. The number of rotatable bonds is 2. The van der Waals surface area contributed by atoms with Crippen molar-refractivity contribution in [2.75, 3.05) is 0 Å². The number of benzene rings is 1. The maximum atomic E-state index is 12.2. The molecule has 0 spiro atoms. The summed E-state index contributed by atoms with van der Waals surface area (Å²) in [6, 6.07) is 6.32. The predicted molar refractivity (Wildman–Crippen MR) is 61.5 cm³/mol. The fourth-order valence-corrected chi connectivity index (χ4v) is 4.06. The molecule has 2 rings (SSSR count). The number of hydrogen-bond donors (Lipinski definition) is 0. The third kappa shape index (κ3) is 1.83. The summed E-state index contributed by atoms with van der Waals surface area (Å²) >= 11 is 6.71. The van der Waals surface area contributed by atoms with E-state index in [1.807, 2.05) is 0 Å². The number of hydrogen-bond acceptors (Lipinski definition) is 5. The second-order valence-corrected chi connectivity index (χ2v) is 6.35. The van der Waals surface area contributed by atoms with E-state index in [4.69, 9.17) is 11.6 Å². The summed E-state index contributed by atoms with van der Waals surface area (Å²) in [6.45, 7) is 1.60. The lowest BCUT2D eigenvalue weighted by Crippen LogP contribution is -2.02. The average molecular weight is 275 g/mol. The second kappa shape index (κ2) is 4.12. The first-order valence-electron chi connectivity index (χ1n) is 4.32. The molecule has 1 aromatic carbocycles. The summed E-state index contributed by atoms with van der Waals surface area (Å²) in [4.78, 5) is 0.0887. The van der Waals surface area contributed by atoms with E-state index in [0.717, 1.165) is 11.5 Å². The molecule has 0 atom stereocenters. The summed E-state index contributed by atoms with van der Waals surface area (Å²) < 4.78 is 28.1. The quantitative estimate of drug-likeness (QED) is 0.843. The molecule has 2 aromatic rings. The Balaban J connectivity index is 2.66. The van der Waals surface area contributed by atoms with Crippen LogP contribution in [0.5, 0.6) is 0 Å². The van der Waals surface area contributed by atoms with Crippen molar-refractivity contribution < 1.29 is 8.42 Å². The van der Waals surface area contributed by atoms with Gasteiger partial charge in [-0.2, -0.15) is 0 Å². The van der Waals surface area contributed by atoms with Crippen molar-refractivity contribution in [1.29, 1.82) is 0 Å². The molecule has 7 heteroatoms. The van der Waals surface area contributed by atoms with Crippen LogP contribution in [0, 0.1) is 6.92 Å². The van der Waals surface area contributed by atoms with Gasteiger partial charge in [0.25, 0.3) is 0 Å². The van der Waals surface area contributed by atoms with Crippen LogP contribution in [0.4, 0.5) is 0 Å². The highest BCUT2D eigenvalue weighted by molar-refractivity contribution is 7.93. The fraction of sp³-hybridized carbons (Fsp3) is 0.111. The number of halogens is 1. The summed E-state index contributed by atoms with van der Waals surface area (Å²) in [5, 5.41) is 3.89. The van der Waals surface area contributed by atoms with Gasteiger partial charge < -0.3 is 0 Å². The molecule has 0 saturated heterocycles. The smallest absolute Gasteiger partial charge is 0.217 e. The number of sulfone groups is 1. The lowest BCUT2D eigenvalue weighted by Gasteiger charge is -2.03. The topological polar surface area (TPSA) is 59.9 Å². The lowest BCUT2D eigenvalue weighted by molar-refractivity contribution is 0.597. The van der Waals surface area contributed by atoms with Gasteiger partial charge in [-0.3, -0.25) is 0 Å². The summed E-state index contributed by atoms with van der Waals surface area (Å²) in [5.74, 6) is 0. The van der Waals surface area contributed by atoms with Crippen LogP contribution in [0.25, 0.3) is 0 Å². The minimum atomic E-state index is -3.60. The van der Waals surface area contributed by atoms with E-state index in [1.54, 1.807) is 19.1 Å². The molecule has 4 nitrogen and oxygen atoms in total. The van der Waals surface area contributed by atoms with Crippen molar-refractivity contribution in [2.24, 2.45) is 0 Å². The van der Waals surface area contributed by atoms with Gasteiger partial charge in [0.05, 0.1) is 15.6 Å². The molecule has 0 N–H and O–H groups in total. The normalized spacial score (nSPS) is 11.6. The van der Waals surface area contributed by atoms with Gasteiger partial charge in [-0.15, -0.1) is 5.10 Å². The summed E-state index contributed by atoms with van der Waals surface area (Å²) in [7, 11) is -3.60. The van der Waals surface area contributed by atoms with Gasteiger partial charge in [0, 0.05) is 11.5 Å². The molecule has 0 unspecified atom stereocenters. The Morgan fingerprint density at radius 1 is 1.31 bits per heavy atom. The highest BCUT2D eigenvalue weighted by Crippen LogP contribution is 2.30. The van der Waals surface area contributed by atoms with Crippen molar-refractivity contribution in [2.45, 2.75) is 16.0 Å². The van der Waals surface area contributed by atoms with Crippen LogP contribution in [-0.4, -0.2) is 18.0 Å². The highest BCUT2D eigenvalue weighted by atomic mass is 35.5. The molecule has 0 radical (unpaired) electrons. The molecule has 0 aliphatic heterocycles. The largest absolute Gasteiger partial charge is 0.220 e. The van der Waals surface area contributed by atoms with Gasteiger partial charge in [-0.25, -0.2) is 8.42 Å². The Kier molecular flexibility index (Phi) is 2.96. The van der Waals surface area contributed by atoms with Gasteiger partial charge in [-0.1, -0.05) is 28.2 Å². The van der Waals surface area contributed by atoms with Gasteiger partial charge in [-0.05, 0) is 19.1 Å². The molecule has 0 saturated carbocycles. The highest BCUT2D eigenvalue weighted by Gasteiger charge is 2.25. The van der Waals surface area contributed by atoms with Gasteiger partial charge in [0.15, 0.2) is 4.21 Å². The number of aromatic nitrogens is 2. The van der Waals surface area contributed by atoms with Crippen LogP contribution in [0.2, 0.25) is 5.02 Å². The van der Waals surface area contributed by atoms with Gasteiger partial charge in [0.2, 0.25) is 9.84 Å². The Morgan fingerprint density at radius 2 is 2.00 bits per heavy atom. The fourth-order valence-electron chi connectivity index (χ4n) is 1.23. The van der Waals surface area contributed by atoms with Crippen molar-refractivity contribution in [3.8, 4) is 0 Å². The maximum Gasteiger partial charge on any atom is 0.220 e. The van der Waals surface area contributed by atoms with Crippen LogP contribution in [0.15, 0.2) is 33.4 Å². The first-order chi connectivity index (χ1) is 7.53. The molecule has 0 aliphatic carbocycles. The summed E-state index contributed by atoms with van der Waals surface area (Å²) in [5.41, 5.74) is 0.393. The van der Waals surface area contributed by atoms with E-state index in [9.17, 15) is 8.42 Å². The van der Waals surface area contributed by atoms with Crippen molar-refractivity contribution in [3.63, 3.8) is 0 Å². The van der Waals surface area contributed by atoms with E-state index in [0.29, 0.717) is 5.69 Å². The van der Waals surface area contributed by atoms with Crippen LogP contribution in [0.3, 0.4) is 0 Å². The third-order valence-electron chi connectivity index (χ3n) is 1.98. The first-order valence-corrected chi connectivity index (χ1v) is 6.95.